The van der Waals surface area contributed by atoms with Gasteiger partial charge in [-0.05, 0) is 75.0 Å². The average molecular weight is 336 g/mol. The van der Waals surface area contributed by atoms with Crippen LogP contribution in [0.3, 0.4) is 0 Å². The lowest BCUT2D eigenvalue weighted by Crippen LogP contribution is -2.58. The maximum Gasteiger partial charge on any atom is 0.407 e. The first-order valence-electron chi connectivity index (χ1n) is 9.49. The third-order valence-corrected chi connectivity index (χ3v) is 6.97. The number of carboxylic acid groups (broad SMARTS) is 1. The molecule has 0 spiro atoms. The highest BCUT2D eigenvalue weighted by atomic mass is 16.5. The van der Waals surface area contributed by atoms with Crippen molar-refractivity contribution in [2.75, 3.05) is 13.2 Å². The summed E-state index contributed by atoms with van der Waals surface area (Å²) in [6, 6.07) is -0.190. The summed E-state index contributed by atoms with van der Waals surface area (Å²) in [5.41, 5.74) is 0. The molecule has 2 N–H and O–H groups in total. The molecule has 0 radical (unpaired) electrons. The fourth-order valence-electron chi connectivity index (χ4n) is 6.52. The minimum atomic E-state index is -0.845. The van der Waals surface area contributed by atoms with E-state index in [1.165, 1.54) is 32.1 Å². The highest BCUT2D eigenvalue weighted by molar-refractivity contribution is 5.69. The van der Waals surface area contributed by atoms with Crippen LogP contribution in [0.25, 0.3) is 0 Å². The Hall–Kier alpha value is -1.46. The van der Waals surface area contributed by atoms with Gasteiger partial charge in [0.05, 0.1) is 18.7 Å². The van der Waals surface area contributed by atoms with E-state index >= 15 is 0 Å². The van der Waals surface area contributed by atoms with Crippen LogP contribution in [0.4, 0.5) is 9.59 Å². The molecule has 0 aromatic carbocycles. The molecule has 6 nitrogen and oxygen atoms in total. The van der Waals surface area contributed by atoms with Gasteiger partial charge < -0.3 is 20.1 Å². The van der Waals surface area contributed by atoms with Crippen LogP contribution in [0.5, 0.6) is 0 Å². The average Bonchev–Trinajstić information content (AvgIpc) is 2.90. The van der Waals surface area contributed by atoms with Gasteiger partial charge in [-0.2, -0.15) is 0 Å². The van der Waals surface area contributed by atoms with Crippen LogP contribution >= 0.6 is 0 Å². The number of carbonyl (C=O) groups is 2. The van der Waals surface area contributed by atoms with E-state index in [4.69, 9.17) is 4.74 Å². The molecule has 24 heavy (non-hydrogen) atoms. The van der Waals surface area contributed by atoms with Crippen LogP contribution in [0.15, 0.2) is 0 Å². The lowest BCUT2D eigenvalue weighted by Gasteiger charge is -2.57. The van der Waals surface area contributed by atoms with Gasteiger partial charge in [-0.15, -0.1) is 0 Å². The Balaban J connectivity index is 1.56. The zero-order valence-electron chi connectivity index (χ0n) is 14.3. The fourth-order valence-corrected chi connectivity index (χ4v) is 6.52. The molecule has 4 bridgehead atoms. The number of rotatable bonds is 3. The lowest BCUT2D eigenvalue weighted by atomic mass is 9.50. The summed E-state index contributed by atoms with van der Waals surface area (Å²) in [4.78, 5) is 25.3. The van der Waals surface area contributed by atoms with Crippen molar-refractivity contribution in [3.8, 4) is 0 Å². The van der Waals surface area contributed by atoms with E-state index in [0.717, 1.165) is 11.8 Å². The van der Waals surface area contributed by atoms with E-state index in [9.17, 15) is 14.7 Å². The first kappa shape index (κ1) is 16.0. The Morgan fingerprint density at radius 1 is 1.12 bits per heavy atom. The van der Waals surface area contributed by atoms with E-state index in [1.54, 1.807) is 11.8 Å². The number of hydrogen-bond acceptors (Lipinski definition) is 3. The number of hydrogen-bond donors (Lipinski definition) is 2. The second-order valence-corrected chi connectivity index (χ2v) is 8.23. The molecule has 0 aromatic rings. The zero-order chi connectivity index (χ0) is 16.8. The molecule has 4 saturated carbocycles. The van der Waals surface area contributed by atoms with Crippen LogP contribution in [0.1, 0.15) is 45.4 Å². The monoisotopic (exact) mass is 336 g/mol. The van der Waals surface area contributed by atoms with Gasteiger partial charge in [0.1, 0.15) is 0 Å². The molecule has 4 aliphatic carbocycles. The third kappa shape index (κ3) is 2.64. The topological polar surface area (TPSA) is 78.9 Å². The van der Waals surface area contributed by atoms with Gasteiger partial charge in [0, 0.05) is 6.54 Å². The Labute approximate surface area is 142 Å². The first-order valence-corrected chi connectivity index (χ1v) is 9.49. The Morgan fingerprint density at radius 2 is 1.75 bits per heavy atom. The normalized spacial score (nSPS) is 43.0. The van der Waals surface area contributed by atoms with Crippen molar-refractivity contribution in [2.45, 2.75) is 57.5 Å². The molecule has 134 valence electrons. The smallest absolute Gasteiger partial charge is 0.407 e. The fraction of sp³-hybridized carbons (Fsp3) is 0.889. The number of ether oxygens (including phenoxy) is 1. The summed E-state index contributed by atoms with van der Waals surface area (Å²) in [5, 5.41) is 12.6. The number of amides is 2. The maximum absolute atomic E-state index is 11.9. The summed E-state index contributed by atoms with van der Waals surface area (Å²) < 4.78 is 5.04. The molecular formula is C18H28N2O4. The van der Waals surface area contributed by atoms with Gasteiger partial charge in [-0.25, -0.2) is 9.59 Å². The standard InChI is InChI=1S/C18H28N2O4/c1-2-24-17(21)19-14-3-4-20(18(22)23)16(14)15-12-6-10-5-11(8-12)9-13(15)7-10/h10-16H,2-9H2,1H3,(H,19,21)(H,22,23). The Bertz CT molecular complexity index is 495. The lowest BCUT2D eigenvalue weighted by molar-refractivity contribution is -0.0674. The summed E-state index contributed by atoms with van der Waals surface area (Å²) in [5.74, 6) is 3.40. The summed E-state index contributed by atoms with van der Waals surface area (Å²) in [6.07, 6.45) is 5.85. The highest BCUT2D eigenvalue weighted by Gasteiger charge is 2.55. The van der Waals surface area contributed by atoms with Gasteiger partial charge in [0.2, 0.25) is 0 Å². The van der Waals surface area contributed by atoms with Crippen molar-refractivity contribution in [1.29, 1.82) is 0 Å². The number of nitrogens with one attached hydrogen (secondary N) is 1. The molecule has 5 aliphatic rings. The number of alkyl carbamates (subject to hydrolysis) is 1. The minimum absolute atomic E-state index is 0.0816. The molecule has 2 atom stereocenters. The second-order valence-electron chi connectivity index (χ2n) is 8.23. The molecular weight excluding hydrogens is 308 g/mol. The summed E-state index contributed by atoms with van der Waals surface area (Å²) in [6.45, 7) is 2.64. The Morgan fingerprint density at radius 3 is 2.29 bits per heavy atom. The van der Waals surface area contributed by atoms with Crippen LogP contribution in [-0.4, -0.2) is 47.4 Å². The molecule has 2 amide bonds. The summed E-state index contributed by atoms with van der Waals surface area (Å²) in [7, 11) is 0. The quantitative estimate of drug-likeness (QED) is 0.830. The summed E-state index contributed by atoms with van der Waals surface area (Å²) >= 11 is 0. The predicted octanol–water partition coefficient (Wildman–Crippen LogP) is 2.93. The van der Waals surface area contributed by atoms with Crippen molar-refractivity contribution >= 4 is 12.2 Å². The van der Waals surface area contributed by atoms with Gasteiger partial charge in [-0.1, -0.05) is 0 Å². The van der Waals surface area contributed by atoms with Crippen LogP contribution in [0.2, 0.25) is 0 Å². The highest BCUT2D eigenvalue weighted by Crippen LogP contribution is 2.58. The minimum Gasteiger partial charge on any atom is -0.465 e. The van der Waals surface area contributed by atoms with Crippen molar-refractivity contribution in [2.24, 2.45) is 29.6 Å². The molecule has 1 aliphatic heterocycles. The molecule has 6 heteroatoms. The zero-order valence-corrected chi connectivity index (χ0v) is 14.3. The van der Waals surface area contributed by atoms with Crippen LogP contribution in [0, 0.1) is 29.6 Å². The van der Waals surface area contributed by atoms with Crippen LogP contribution in [-0.2, 0) is 4.74 Å². The number of likely N-dealkylation sites (tertiary alicyclic amines) is 1. The van der Waals surface area contributed by atoms with E-state index < -0.39 is 12.2 Å². The van der Waals surface area contributed by atoms with Gasteiger partial charge in [-0.3, -0.25) is 0 Å². The molecule has 1 heterocycles. The van der Waals surface area contributed by atoms with Gasteiger partial charge >= 0.3 is 12.2 Å². The third-order valence-electron chi connectivity index (χ3n) is 6.97. The number of carbonyl (C=O) groups excluding carboxylic acids is 1. The molecule has 5 rings (SSSR count). The van der Waals surface area contributed by atoms with Gasteiger partial charge in [0.25, 0.3) is 0 Å². The van der Waals surface area contributed by atoms with Crippen molar-refractivity contribution in [1.82, 2.24) is 10.2 Å². The maximum atomic E-state index is 11.9. The predicted molar refractivity (Wildman–Crippen MR) is 87.6 cm³/mol. The second kappa shape index (κ2) is 6.12. The van der Waals surface area contributed by atoms with Crippen LogP contribution < -0.4 is 5.32 Å². The molecule has 2 unspecified atom stereocenters. The molecule has 0 aromatic heterocycles. The molecule has 5 fully saturated rings. The van der Waals surface area contributed by atoms with Gasteiger partial charge in [0.15, 0.2) is 0 Å². The van der Waals surface area contributed by atoms with E-state index in [-0.39, 0.29) is 12.1 Å². The van der Waals surface area contributed by atoms with Crippen molar-refractivity contribution < 1.29 is 19.4 Å². The van der Waals surface area contributed by atoms with E-state index in [0.29, 0.717) is 37.3 Å². The number of nitrogens with zero attached hydrogens (tertiary/aromatic N) is 1. The molecule has 1 saturated heterocycles. The van der Waals surface area contributed by atoms with Crippen molar-refractivity contribution in [3.05, 3.63) is 0 Å². The van der Waals surface area contributed by atoms with Crippen molar-refractivity contribution in [3.63, 3.8) is 0 Å². The van der Waals surface area contributed by atoms with E-state index in [1.807, 2.05) is 0 Å². The first-order chi connectivity index (χ1) is 11.6. The largest absolute Gasteiger partial charge is 0.465 e. The van der Waals surface area contributed by atoms with E-state index in [2.05, 4.69) is 5.32 Å². The SMILES string of the molecule is CCOC(=O)NC1CCN(C(=O)O)C1C1C2CC3CC(C2)CC1C3. The Kier molecular flexibility index (Phi) is 4.09.